The summed E-state index contributed by atoms with van der Waals surface area (Å²) < 4.78 is 11.0. The lowest BCUT2D eigenvalue weighted by molar-refractivity contribution is 0.0694. The highest BCUT2D eigenvalue weighted by Crippen LogP contribution is 2.11. The largest absolute Gasteiger partial charge is 0.494 e. The maximum absolute atomic E-state index is 5.57. The van der Waals surface area contributed by atoms with Crippen molar-refractivity contribution >= 4 is 0 Å². The lowest BCUT2D eigenvalue weighted by Gasteiger charge is -2.09. The fraction of sp³-hybridized carbons (Fsp3) is 0.538. The number of ether oxygens (including phenoxy) is 2. The Morgan fingerprint density at radius 1 is 1.12 bits per heavy atom. The molecular weight excluding hydrogens is 202 g/mol. The Kier molecular flexibility index (Phi) is 5.90. The van der Waals surface area contributed by atoms with Crippen LogP contribution in [0.15, 0.2) is 24.3 Å². The average Bonchev–Trinajstić information content (AvgIpc) is 2.29. The Hall–Kier alpha value is -1.06. The predicted molar refractivity (Wildman–Crippen MR) is 65.5 cm³/mol. The first-order valence-electron chi connectivity index (χ1n) is 5.76. The first kappa shape index (κ1) is 13.0. The molecule has 0 bridgehead atoms. The monoisotopic (exact) mass is 223 g/mol. The van der Waals surface area contributed by atoms with Crippen molar-refractivity contribution in [2.45, 2.75) is 32.9 Å². The van der Waals surface area contributed by atoms with E-state index in [-0.39, 0.29) is 0 Å². The van der Waals surface area contributed by atoms with E-state index in [9.17, 15) is 0 Å². The van der Waals surface area contributed by atoms with Crippen molar-refractivity contribution in [3.05, 3.63) is 29.8 Å². The van der Waals surface area contributed by atoms with Crippen LogP contribution in [0.2, 0.25) is 0 Å². The standard InChI is InChI=1S/C13H21NO2/c1-11(2)15-8-3-9-16-13-6-4-12(10-14)5-7-13/h4-7,11H,3,8-10,14H2,1-2H3. The molecule has 3 nitrogen and oxygen atoms in total. The quantitative estimate of drug-likeness (QED) is 0.722. The third kappa shape index (κ3) is 5.14. The molecule has 0 atom stereocenters. The molecule has 16 heavy (non-hydrogen) atoms. The van der Waals surface area contributed by atoms with Crippen molar-refractivity contribution < 1.29 is 9.47 Å². The van der Waals surface area contributed by atoms with Crippen LogP contribution >= 0.6 is 0 Å². The van der Waals surface area contributed by atoms with E-state index in [4.69, 9.17) is 15.2 Å². The van der Waals surface area contributed by atoms with Gasteiger partial charge in [0.05, 0.1) is 19.3 Å². The van der Waals surface area contributed by atoms with Crippen molar-refractivity contribution in [1.29, 1.82) is 0 Å². The molecule has 0 aromatic heterocycles. The summed E-state index contributed by atoms with van der Waals surface area (Å²) in [6.45, 7) is 6.08. The molecular formula is C13H21NO2. The SMILES string of the molecule is CC(C)OCCCOc1ccc(CN)cc1. The van der Waals surface area contributed by atoms with Crippen LogP contribution in [0.1, 0.15) is 25.8 Å². The molecule has 0 heterocycles. The van der Waals surface area contributed by atoms with Gasteiger partial charge in [0.1, 0.15) is 5.75 Å². The summed E-state index contributed by atoms with van der Waals surface area (Å²) in [4.78, 5) is 0. The minimum atomic E-state index is 0.295. The van der Waals surface area contributed by atoms with Crippen LogP contribution in [-0.2, 0) is 11.3 Å². The van der Waals surface area contributed by atoms with Gasteiger partial charge in [-0.1, -0.05) is 12.1 Å². The normalized spacial score (nSPS) is 10.8. The zero-order valence-corrected chi connectivity index (χ0v) is 10.1. The molecule has 0 fully saturated rings. The maximum atomic E-state index is 5.57. The second-order valence-electron chi connectivity index (χ2n) is 3.97. The fourth-order valence-electron chi connectivity index (χ4n) is 1.29. The highest BCUT2D eigenvalue weighted by molar-refractivity contribution is 5.26. The van der Waals surface area contributed by atoms with Crippen LogP contribution in [0.5, 0.6) is 5.75 Å². The lowest BCUT2D eigenvalue weighted by Crippen LogP contribution is -2.07. The first-order valence-corrected chi connectivity index (χ1v) is 5.76. The van der Waals surface area contributed by atoms with E-state index in [0.29, 0.717) is 19.3 Å². The average molecular weight is 223 g/mol. The third-order valence-corrected chi connectivity index (χ3v) is 2.17. The lowest BCUT2D eigenvalue weighted by atomic mass is 10.2. The van der Waals surface area contributed by atoms with Crippen molar-refractivity contribution in [3.8, 4) is 5.75 Å². The highest BCUT2D eigenvalue weighted by Gasteiger charge is 1.96. The first-order chi connectivity index (χ1) is 7.72. The number of hydrogen-bond donors (Lipinski definition) is 1. The Bertz CT molecular complexity index is 282. The molecule has 0 amide bonds. The Labute approximate surface area is 97.6 Å². The minimum absolute atomic E-state index is 0.295. The molecule has 1 rings (SSSR count). The smallest absolute Gasteiger partial charge is 0.119 e. The van der Waals surface area contributed by atoms with E-state index in [1.807, 2.05) is 38.1 Å². The van der Waals surface area contributed by atoms with Crippen LogP contribution in [0.3, 0.4) is 0 Å². The molecule has 0 spiro atoms. The zero-order chi connectivity index (χ0) is 11.8. The van der Waals surface area contributed by atoms with Crippen molar-refractivity contribution in [2.75, 3.05) is 13.2 Å². The van der Waals surface area contributed by atoms with E-state index >= 15 is 0 Å². The molecule has 1 aromatic rings. The second kappa shape index (κ2) is 7.25. The number of hydrogen-bond acceptors (Lipinski definition) is 3. The molecule has 0 aliphatic carbocycles. The number of rotatable bonds is 7. The summed E-state index contributed by atoms with van der Waals surface area (Å²) in [5.41, 5.74) is 6.63. The summed E-state index contributed by atoms with van der Waals surface area (Å²) in [5, 5.41) is 0. The second-order valence-corrected chi connectivity index (χ2v) is 3.97. The van der Waals surface area contributed by atoms with Crippen LogP contribution in [-0.4, -0.2) is 19.3 Å². The zero-order valence-electron chi connectivity index (χ0n) is 10.1. The summed E-state index contributed by atoms with van der Waals surface area (Å²) >= 11 is 0. The van der Waals surface area contributed by atoms with Crippen LogP contribution < -0.4 is 10.5 Å². The molecule has 0 aliphatic rings. The molecule has 3 heteroatoms. The van der Waals surface area contributed by atoms with Gasteiger partial charge in [-0.05, 0) is 31.5 Å². The van der Waals surface area contributed by atoms with Gasteiger partial charge >= 0.3 is 0 Å². The van der Waals surface area contributed by atoms with Crippen LogP contribution in [0.25, 0.3) is 0 Å². The Morgan fingerprint density at radius 3 is 2.38 bits per heavy atom. The van der Waals surface area contributed by atoms with E-state index in [2.05, 4.69) is 0 Å². The van der Waals surface area contributed by atoms with Gasteiger partial charge in [-0.2, -0.15) is 0 Å². The van der Waals surface area contributed by atoms with Gasteiger partial charge in [-0.15, -0.1) is 0 Å². The maximum Gasteiger partial charge on any atom is 0.119 e. The Morgan fingerprint density at radius 2 is 1.81 bits per heavy atom. The van der Waals surface area contributed by atoms with Crippen LogP contribution in [0, 0.1) is 0 Å². The summed E-state index contributed by atoms with van der Waals surface area (Å²) in [6, 6.07) is 7.87. The number of benzene rings is 1. The summed E-state index contributed by atoms with van der Waals surface area (Å²) in [7, 11) is 0. The van der Waals surface area contributed by atoms with E-state index < -0.39 is 0 Å². The van der Waals surface area contributed by atoms with Gasteiger partial charge in [0, 0.05) is 13.0 Å². The highest BCUT2D eigenvalue weighted by atomic mass is 16.5. The molecule has 0 saturated carbocycles. The Balaban J connectivity index is 2.16. The number of nitrogens with two attached hydrogens (primary N) is 1. The minimum Gasteiger partial charge on any atom is -0.494 e. The van der Waals surface area contributed by atoms with Crippen molar-refractivity contribution in [1.82, 2.24) is 0 Å². The molecule has 2 N–H and O–H groups in total. The molecule has 0 unspecified atom stereocenters. The summed E-state index contributed by atoms with van der Waals surface area (Å²) in [6.07, 6.45) is 1.21. The fourth-order valence-corrected chi connectivity index (χ4v) is 1.29. The van der Waals surface area contributed by atoms with E-state index in [0.717, 1.165) is 24.3 Å². The van der Waals surface area contributed by atoms with Gasteiger partial charge in [0.25, 0.3) is 0 Å². The van der Waals surface area contributed by atoms with Crippen molar-refractivity contribution in [3.63, 3.8) is 0 Å². The van der Waals surface area contributed by atoms with Crippen LogP contribution in [0.4, 0.5) is 0 Å². The molecule has 90 valence electrons. The van der Waals surface area contributed by atoms with Gasteiger partial charge in [-0.3, -0.25) is 0 Å². The van der Waals surface area contributed by atoms with Gasteiger partial charge in [0.2, 0.25) is 0 Å². The van der Waals surface area contributed by atoms with E-state index in [1.165, 1.54) is 0 Å². The topological polar surface area (TPSA) is 44.5 Å². The predicted octanol–water partition coefficient (Wildman–Crippen LogP) is 2.34. The third-order valence-electron chi connectivity index (χ3n) is 2.17. The molecule has 0 radical (unpaired) electrons. The molecule has 0 aliphatic heterocycles. The van der Waals surface area contributed by atoms with E-state index in [1.54, 1.807) is 0 Å². The summed E-state index contributed by atoms with van der Waals surface area (Å²) in [5.74, 6) is 0.891. The molecule has 1 aromatic carbocycles. The van der Waals surface area contributed by atoms with Gasteiger partial charge in [0.15, 0.2) is 0 Å². The van der Waals surface area contributed by atoms with Crippen molar-refractivity contribution in [2.24, 2.45) is 5.73 Å². The molecule has 0 saturated heterocycles. The van der Waals surface area contributed by atoms with Gasteiger partial charge < -0.3 is 15.2 Å². The van der Waals surface area contributed by atoms with Gasteiger partial charge in [-0.25, -0.2) is 0 Å².